The Morgan fingerprint density at radius 2 is 1.07 bits per heavy atom. The summed E-state index contributed by atoms with van der Waals surface area (Å²) in [6.07, 6.45) is -3.23. The van der Waals surface area contributed by atoms with E-state index in [2.05, 4.69) is 47.9 Å². The monoisotopic (exact) mass is 1010 g/mol. The van der Waals surface area contributed by atoms with Gasteiger partial charge in [0.2, 0.25) is 59.1 Å². The van der Waals surface area contributed by atoms with Crippen LogP contribution in [0.25, 0.3) is 0 Å². The van der Waals surface area contributed by atoms with Gasteiger partial charge in [0.25, 0.3) is 0 Å². The van der Waals surface area contributed by atoms with Gasteiger partial charge in [-0.3, -0.25) is 52.7 Å². The van der Waals surface area contributed by atoms with Crippen molar-refractivity contribution in [3.63, 3.8) is 0 Å². The first-order valence-corrected chi connectivity index (χ1v) is 22.8. The molecule has 0 aliphatic carbocycles. The second-order valence-corrected chi connectivity index (χ2v) is 17.9. The van der Waals surface area contributed by atoms with Crippen LogP contribution in [0.1, 0.15) is 93.6 Å². The number of amides is 10. The normalized spacial score (nSPS) is 15.3. The molecule has 26 nitrogen and oxygen atoms in total. The van der Waals surface area contributed by atoms with Crippen LogP contribution >= 0.6 is 0 Å². The summed E-state index contributed by atoms with van der Waals surface area (Å²) in [4.78, 5) is 154. The molecule has 0 aliphatic heterocycles. The number of nitrogens with one attached hydrogen (secondary N) is 9. The van der Waals surface area contributed by atoms with Gasteiger partial charge in [-0.25, -0.2) is 4.79 Å². The van der Waals surface area contributed by atoms with Gasteiger partial charge in [-0.15, -0.1) is 0 Å². The topological polar surface area (TPSA) is 420 Å². The summed E-state index contributed by atoms with van der Waals surface area (Å²) in [5, 5.41) is 60.1. The molecule has 1 aromatic carbocycles. The van der Waals surface area contributed by atoms with E-state index in [1.165, 1.54) is 39.8 Å². The van der Waals surface area contributed by atoms with Gasteiger partial charge >= 0.3 is 11.9 Å². The second-order valence-electron chi connectivity index (χ2n) is 17.9. The standard InChI is InChI=1S/C45H70N10O16/c1-10-22(6)36(55-44(69)37(24(8)56)53-33(60)19-47-38(63)23(7)48-39(64)28(49-25(9)57)16-26-11-13-27(58)14-12-26)43(68)54-35(21(4)5)42(67)51-29(17-32(46)59)40(65)50-30(18-34(61)62)41(66)52-31(45(70)71)15-20(2)3/h11-14,20-24,28-31,35-37,56,58H,10,15-19H2,1-9H3,(H2,46,59)(H,47,63)(H,48,64)(H,49,57)(H,50,65)(H,51,67)(H,52,66)(H,53,60)(H,54,68)(H,55,69)(H,61,62)(H,70,71). The molecule has 0 saturated heterocycles. The first-order valence-electron chi connectivity index (χ1n) is 22.8. The number of aliphatic hydroxyl groups is 1. The number of rotatable bonds is 30. The Hall–Kier alpha value is -7.38. The van der Waals surface area contributed by atoms with Crippen LogP contribution in [0, 0.1) is 17.8 Å². The summed E-state index contributed by atoms with van der Waals surface area (Å²) in [5.74, 6) is -14.3. The minimum Gasteiger partial charge on any atom is -0.508 e. The van der Waals surface area contributed by atoms with Gasteiger partial charge < -0.3 is 74.0 Å². The Morgan fingerprint density at radius 3 is 1.55 bits per heavy atom. The van der Waals surface area contributed by atoms with Crippen LogP contribution < -0.4 is 53.6 Å². The average Bonchev–Trinajstić information content (AvgIpc) is 3.26. The number of carbonyl (C=O) groups is 12. The van der Waals surface area contributed by atoms with Crippen molar-refractivity contribution < 1.29 is 78.0 Å². The molecule has 0 aliphatic rings. The van der Waals surface area contributed by atoms with Gasteiger partial charge in [-0.05, 0) is 55.7 Å². The highest BCUT2D eigenvalue weighted by Gasteiger charge is 2.37. The van der Waals surface area contributed by atoms with Gasteiger partial charge in [0.05, 0.1) is 25.5 Å². The number of primary amides is 1. The van der Waals surface area contributed by atoms with Crippen LogP contribution in [0.3, 0.4) is 0 Å². The largest absolute Gasteiger partial charge is 0.508 e. The molecular weight excluding hydrogens is 937 g/mol. The van der Waals surface area contributed by atoms with Crippen molar-refractivity contribution in [1.82, 2.24) is 47.9 Å². The Morgan fingerprint density at radius 1 is 0.577 bits per heavy atom. The fourth-order valence-corrected chi connectivity index (χ4v) is 6.67. The second kappa shape index (κ2) is 29.6. The lowest BCUT2D eigenvalue weighted by Crippen LogP contribution is -2.62. The van der Waals surface area contributed by atoms with E-state index in [4.69, 9.17) is 5.73 Å². The van der Waals surface area contributed by atoms with Crippen molar-refractivity contribution >= 4 is 71.0 Å². The number of nitrogens with two attached hydrogens (primary N) is 1. The predicted octanol–water partition coefficient (Wildman–Crippen LogP) is -3.47. The highest BCUT2D eigenvalue weighted by atomic mass is 16.4. The van der Waals surface area contributed by atoms with Crippen molar-refractivity contribution in [3.8, 4) is 5.75 Å². The van der Waals surface area contributed by atoms with E-state index in [0.717, 1.165) is 6.92 Å². The molecule has 71 heavy (non-hydrogen) atoms. The van der Waals surface area contributed by atoms with Crippen LogP contribution in [0.2, 0.25) is 0 Å². The SMILES string of the molecule is CCC(C)C(NC(=O)C(NC(=O)CNC(=O)C(C)NC(=O)C(Cc1ccc(O)cc1)NC(C)=O)C(C)O)C(=O)NC(C(=O)NC(CC(N)=O)C(=O)NC(CC(=O)O)C(=O)NC(CC(C)C)C(=O)O)C(C)C. The molecule has 0 heterocycles. The number of benzene rings is 1. The number of phenols is 1. The molecule has 0 spiro atoms. The number of phenolic OH excluding ortho intramolecular Hbond substituents is 1. The molecule has 1 aromatic rings. The van der Waals surface area contributed by atoms with E-state index in [0.29, 0.717) is 5.56 Å². The fourth-order valence-electron chi connectivity index (χ4n) is 6.67. The van der Waals surface area contributed by atoms with Crippen LogP contribution in [0.15, 0.2) is 24.3 Å². The smallest absolute Gasteiger partial charge is 0.326 e. The minimum atomic E-state index is -1.88. The number of carboxylic acids is 2. The number of carboxylic acid groups (broad SMARTS) is 2. The van der Waals surface area contributed by atoms with Crippen LogP contribution in [0.5, 0.6) is 5.75 Å². The molecular formula is C45H70N10O16. The summed E-state index contributed by atoms with van der Waals surface area (Å²) < 4.78 is 0. The Labute approximate surface area is 410 Å². The quantitative estimate of drug-likeness (QED) is 0.0356. The number of carbonyl (C=O) groups excluding carboxylic acids is 10. The fraction of sp³-hybridized carbons (Fsp3) is 0.600. The van der Waals surface area contributed by atoms with E-state index in [1.54, 1.807) is 39.8 Å². The molecule has 26 heteroatoms. The summed E-state index contributed by atoms with van der Waals surface area (Å²) in [6, 6.07) is -6.25. The van der Waals surface area contributed by atoms with Gasteiger partial charge in [-0.1, -0.05) is 60.1 Å². The average molecular weight is 1010 g/mol. The van der Waals surface area contributed by atoms with E-state index in [9.17, 15) is 78.0 Å². The van der Waals surface area contributed by atoms with Crippen molar-refractivity contribution in [2.45, 2.75) is 149 Å². The first kappa shape index (κ1) is 61.6. The van der Waals surface area contributed by atoms with Gasteiger partial charge in [0.15, 0.2) is 0 Å². The van der Waals surface area contributed by atoms with Crippen molar-refractivity contribution in [2.24, 2.45) is 23.5 Å². The van der Waals surface area contributed by atoms with E-state index in [1.807, 2.05) is 0 Å². The van der Waals surface area contributed by atoms with Crippen molar-refractivity contribution in [3.05, 3.63) is 29.8 Å². The Kier molecular flexibility index (Phi) is 25.7. The van der Waals surface area contributed by atoms with Crippen LogP contribution in [-0.4, -0.2) is 152 Å². The molecule has 0 bridgehead atoms. The number of aliphatic carboxylic acids is 2. The lowest BCUT2D eigenvalue weighted by molar-refractivity contribution is -0.144. The predicted molar refractivity (Wildman–Crippen MR) is 251 cm³/mol. The Bertz CT molecular complexity index is 2080. The summed E-state index contributed by atoms with van der Waals surface area (Å²) in [5.41, 5.74) is 5.93. The minimum absolute atomic E-state index is 0.0115. The van der Waals surface area contributed by atoms with Crippen molar-refractivity contribution in [2.75, 3.05) is 6.54 Å². The van der Waals surface area contributed by atoms with Gasteiger partial charge in [-0.2, -0.15) is 0 Å². The highest BCUT2D eigenvalue weighted by molar-refractivity contribution is 5.99. The maximum absolute atomic E-state index is 13.9. The zero-order valence-corrected chi connectivity index (χ0v) is 41.2. The molecule has 0 fully saturated rings. The summed E-state index contributed by atoms with van der Waals surface area (Å²) in [7, 11) is 0. The summed E-state index contributed by atoms with van der Waals surface area (Å²) in [6.45, 7) is 12.5. The van der Waals surface area contributed by atoms with Gasteiger partial charge in [0.1, 0.15) is 54.1 Å². The zero-order valence-electron chi connectivity index (χ0n) is 41.2. The van der Waals surface area contributed by atoms with Crippen LogP contribution in [-0.2, 0) is 64.0 Å². The molecule has 0 radical (unpaired) electrons. The van der Waals surface area contributed by atoms with E-state index >= 15 is 0 Å². The maximum atomic E-state index is 13.9. The summed E-state index contributed by atoms with van der Waals surface area (Å²) >= 11 is 0. The first-order chi connectivity index (χ1) is 33.0. The third-order valence-corrected chi connectivity index (χ3v) is 10.7. The molecule has 0 aromatic heterocycles. The van der Waals surface area contributed by atoms with E-state index < -0.39 is 157 Å². The third-order valence-electron chi connectivity index (χ3n) is 10.7. The molecule has 396 valence electrons. The highest BCUT2D eigenvalue weighted by Crippen LogP contribution is 2.14. The van der Waals surface area contributed by atoms with E-state index in [-0.39, 0.29) is 30.9 Å². The third kappa shape index (κ3) is 22.3. The molecule has 15 N–H and O–H groups in total. The lowest BCUT2D eigenvalue weighted by atomic mass is 9.95. The number of aliphatic hydroxyl groups excluding tert-OH is 1. The molecule has 10 amide bonds. The molecule has 10 unspecified atom stereocenters. The van der Waals surface area contributed by atoms with Crippen LogP contribution in [0.4, 0.5) is 0 Å². The Balaban J connectivity index is 3.15. The number of hydrogen-bond donors (Lipinski definition) is 14. The molecule has 1 rings (SSSR count). The van der Waals surface area contributed by atoms with Gasteiger partial charge in [0, 0.05) is 13.3 Å². The number of aromatic hydroxyl groups is 1. The lowest BCUT2D eigenvalue weighted by Gasteiger charge is -2.30. The van der Waals surface area contributed by atoms with Crippen molar-refractivity contribution in [1.29, 1.82) is 0 Å². The zero-order chi connectivity index (χ0) is 54.4. The maximum Gasteiger partial charge on any atom is 0.326 e. The number of hydrogen-bond acceptors (Lipinski definition) is 14. The molecule has 0 saturated carbocycles. The molecule has 10 atom stereocenters.